The fourth-order valence-corrected chi connectivity index (χ4v) is 2.11. The third kappa shape index (κ3) is 2.02. The van der Waals surface area contributed by atoms with Gasteiger partial charge in [-0.25, -0.2) is 0 Å². The van der Waals surface area contributed by atoms with Gasteiger partial charge in [0.15, 0.2) is 0 Å². The number of nitrogens with two attached hydrogens (primary N) is 1. The summed E-state index contributed by atoms with van der Waals surface area (Å²) in [5.41, 5.74) is 8.05. The summed E-state index contributed by atoms with van der Waals surface area (Å²) in [4.78, 5) is 0. The maximum atomic E-state index is 5.59. The van der Waals surface area contributed by atoms with Crippen LogP contribution in [0, 0.1) is 0 Å². The smallest absolute Gasteiger partial charge is 0.0520 e. The first-order valence-electron chi connectivity index (χ1n) is 4.62. The minimum absolute atomic E-state index is 0.559. The van der Waals surface area contributed by atoms with Gasteiger partial charge >= 0.3 is 0 Å². The number of aromatic nitrogens is 2. The zero-order chi connectivity index (χ0) is 9.80. The van der Waals surface area contributed by atoms with E-state index in [1.807, 2.05) is 10.7 Å². The Hall–Kier alpha value is -1.13. The molecular formula is C10H13N3S. The number of aryl methyl sites for hydroxylation is 2. The van der Waals surface area contributed by atoms with Crippen LogP contribution in [0.3, 0.4) is 0 Å². The molecule has 0 saturated heterocycles. The first-order chi connectivity index (χ1) is 6.90. The van der Waals surface area contributed by atoms with Gasteiger partial charge in [-0.1, -0.05) is 0 Å². The van der Waals surface area contributed by atoms with Crippen molar-refractivity contribution >= 4 is 11.3 Å². The van der Waals surface area contributed by atoms with Gasteiger partial charge in [-0.05, 0) is 34.9 Å². The fraction of sp³-hybridized carbons (Fsp3) is 0.300. The van der Waals surface area contributed by atoms with Crippen LogP contribution in [0.25, 0.3) is 0 Å². The van der Waals surface area contributed by atoms with Gasteiger partial charge in [0.1, 0.15) is 0 Å². The van der Waals surface area contributed by atoms with Crippen molar-refractivity contribution in [3.8, 4) is 0 Å². The van der Waals surface area contributed by atoms with Crippen molar-refractivity contribution in [2.45, 2.75) is 19.5 Å². The molecule has 0 amide bonds. The largest absolute Gasteiger partial charge is 0.325 e. The van der Waals surface area contributed by atoms with Gasteiger partial charge in [0.05, 0.1) is 5.69 Å². The highest BCUT2D eigenvalue weighted by molar-refractivity contribution is 7.07. The summed E-state index contributed by atoms with van der Waals surface area (Å²) in [5, 5.41) is 8.50. The van der Waals surface area contributed by atoms with E-state index >= 15 is 0 Å². The van der Waals surface area contributed by atoms with Crippen molar-refractivity contribution in [2.75, 3.05) is 0 Å². The first kappa shape index (κ1) is 9.43. The third-order valence-electron chi connectivity index (χ3n) is 2.21. The van der Waals surface area contributed by atoms with E-state index in [9.17, 15) is 0 Å². The topological polar surface area (TPSA) is 43.8 Å². The highest BCUT2D eigenvalue weighted by atomic mass is 32.1. The Morgan fingerprint density at radius 3 is 3.07 bits per heavy atom. The molecule has 74 valence electrons. The van der Waals surface area contributed by atoms with Crippen LogP contribution in [0.4, 0.5) is 0 Å². The SMILES string of the molecule is NCc1ccnn1CCc1ccsc1. The second-order valence-electron chi connectivity index (χ2n) is 3.13. The van der Waals surface area contributed by atoms with E-state index in [0.29, 0.717) is 6.54 Å². The Kier molecular flexibility index (Phi) is 2.96. The van der Waals surface area contributed by atoms with Crippen LogP contribution < -0.4 is 5.73 Å². The molecule has 0 aliphatic heterocycles. The lowest BCUT2D eigenvalue weighted by Crippen LogP contribution is -2.10. The summed E-state index contributed by atoms with van der Waals surface area (Å²) >= 11 is 1.73. The molecule has 3 nitrogen and oxygen atoms in total. The second-order valence-corrected chi connectivity index (χ2v) is 3.91. The van der Waals surface area contributed by atoms with E-state index in [-0.39, 0.29) is 0 Å². The molecule has 0 atom stereocenters. The molecule has 2 N–H and O–H groups in total. The fourth-order valence-electron chi connectivity index (χ4n) is 1.40. The molecule has 0 unspecified atom stereocenters. The molecule has 0 aliphatic rings. The summed E-state index contributed by atoms with van der Waals surface area (Å²) in [6, 6.07) is 4.11. The molecule has 0 fully saturated rings. The number of rotatable bonds is 4. The van der Waals surface area contributed by atoms with Crippen LogP contribution in [0.1, 0.15) is 11.3 Å². The maximum Gasteiger partial charge on any atom is 0.0520 e. The Morgan fingerprint density at radius 1 is 1.43 bits per heavy atom. The van der Waals surface area contributed by atoms with Crippen LogP contribution in [0.5, 0.6) is 0 Å². The zero-order valence-electron chi connectivity index (χ0n) is 7.89. The van der Waals surface area contributed by atoms with Gasteiger partial charge in [-0.2, -0.15) is 16.4 Å². The monoisotopic (exact) mass is 207 g/mol. The van der Waals surface area contributed by atoms with Gasteiger partial charge in [0, 0.05) is 19.3 Å². The lowest BCUT2D eigenvalue weighted by Gasteiger charge is -2.04. The molecule has 0 bridgehead atoms. The summed E-state index contributed by atoms with van der Waals surface area (Å²) in [5.74, 6) is 0. The van der Waals surface area contributed by atoms with Crippen LogP contribution >= 0.6 is 11.3 Å². The summed E-state index contributed by atoms with van der Waals surface area (Å²) in [6.07, 6.45) is 2.83. The van der Waals surface area contributed by atoms with Crippen molar-refractivity contribution < 1.29 is 0 Å². The van der Waals surface area contributed by atoms with Crippen molar-refractivity contribution in [3.05, 3.63) is 40.3 Å². The minimum atomic E-state index is 0.559. The first-order valence-corrected chi connectivity index (χ1v) is 5.56. The lowest BCUT2D eigenvalue weighted by atomic mass is 10.2. The maximum absolute atomic E-state index is 5.59. The number of nitrogens with zero attached hydrogens (tertiary/aromatic N) is 2. The molecule has 2 rings (SSSR count). The van der Waals surface area contributed by atoms with Crippen molar-refractivity contribution in [2.24, 2.45) is 5.73 Å². The van der Waals surface area contributed by atoms with Gasteiger partial charge < -0.3 is 5.73 Å². The Balaban J connectivity index is 1.98. The molecule has 0 radical (unpaired) electrons. The number of hydrogen-bond acceptors (Lipinski definition) is 3. The van der Waals surface area contributed by atoms with E-state index in [4.69, 9.17) is 5.73 Å². The van der Waals surface area contributed by atoms with E-state index < -0.39 is 0 Å². The summed E-state index contributed by atoms with van der Waals surface area (Å²) in [6.45, 7) is 1.47. The normalized spacial score (nSPS) is 10.6. The van der Waals surface area contributed by atoms with Crippen LogP contribution in [0.15, 0.2) is 29.1 Å². The average molecular weight is 207 g/mol. The molecule has 0 aliphatic carbocycles. The molecule has 0 spiro atoms. The average Bonchev–Trinajstić information content (AvgIpc) is 2.85. The predicted molar refractivity (Wildman–Crippen MR) is 58.1 cm³/mol. The second kappa shape index (κ2) is 4.39. The highest BCUT2D eigenvalue weighted by Crippen LogP contribution is 2.08. The van der Waals surface area contributed by atoms with Crippen molar-refractivity contribution in [1.82, 2.24) is 9.78 Å². The van der Waals surface area contributed by atoms with E-state index in [2.05, 4.69) is 21.9 Å². The number of hydrogen-bond donors (Lipinski definition) is 1. The predicted octanol–water partition coefficient (Wildman–Crippen LogP) is 1.65. The summed E-state index contributed by atoms with van der Waals surface area (Å²) < 4.78 is 1.97. The van der Waals surface area contributed by atoms with Crippen LogP contribution in [-0.4, -0.2) is 9.78 Å². The molecule has 2 aromatic heterocycles. The van der Waals surface area contributed by atoms with E-state index in [1.165, 1.54) is 5.56 Å². The highest BCUT2D eigenvalue weighted by Gasteiger charge is 2.00. The van der Waals surface area contributed by atoms with E-state index in [1.54, 1.807) is 17.5 Å². The van der Waals surface area contributed by atoms with Crippen LogP contribution in [0.2, 0.25) is 0 Å². The number of thiophene rings is 1. The Labute approximate surface area is 87.2 Å². The zero-order valence-corrected chi connectivity index (χ0v) is 8.70. The van der Waals surface area contributed by atoms with E-state index in [0.717, 1.165) is 18.7 Å². The summed E-state index contributed by atoms with van der Waals surface area (Å²) in [7, 11) is 0. The van der Waals surface area contributed by atoms with Gasteiger partial charge in [0.25, 0.3) is 0 Å². The van der Waals surface area contributed by atoms with Crippen LogP contribution in [-0.2, 0) is 19.5 Å². The minimum Gasteiger partial charge on any atom is -0.325 e. The molecular weight excluding hydrogens is 194 g/mol. The van der Waals surface area contributed by atoms with Gasteiger partial charge in [-0.3, -0.25) is 4.68 Å². The standard InChI is InChI=1S/C10H13N3S/c11-7-10-1-4-12-13(10)5-2-9-3-6-14-8-9/h1,3-4,6,8H,2,5,7,11H2. The van der Waals surface area contributed by atoms with Gasteiger partial charge in [-0.15, -0.1) is 0 Å². The van der Waals surface area contributed by atoms with Crippen molar-refractivity contribution in [1.29, 1.82) is 0 Å². The Bertz CT molecular complexity index is 378. The molecule has 0 saturated carbocycles. The molecule has 2 aromatic rings. The van der Waals surface area contributed by atoms with Gasteiger partial charge in [0.2, 0.25) is 0 Å². The Morgan fingerprint density at radius 2 is 2.36 bits per heavy atom. The quantitative estimate of drug-likeness (QED) is 0.828. The molecule has 14 heavy (non-hydrogen) atoms. The molecule has 0 aromatic carbocycles. The molecule has 2 heterocycles. The molecule has 4 heteroatoms. The third-order valence-corrected chi connectivity index (χ3v) is 2.94. The van der Waals surface area contributed by atoms with Crippen molar-refractivity contribution in [3.63, 3.8) is 0 Å². The lowest BCUT2D eigenvalue weighted by molar-refractivity contribution is 0.586.